The molecule has 0 radical (unpaired) electrons. The van der Waals surface area contributed by atoms with Gasteiger partial charge in [-0.1, -0.05) is 0 Å². The molecule has 5 heteroatoms. The average Bonchev–Trinajstić information content (AvgIpc) is 2.33. The maximum atomic E-state index is 5.41. The van der Waals surface area contributed by atoms with E-state index in [2.05, 4.69) is 14.9 Å². The number of ether oxygens (including phenoxy) is 1. The zero-order chi connectivity index (χ0) is 6.69. The number of hydrogen-bond acceptors (Lipinski definition) is 4. The second-order valence-corrected chi connectivity index (χ2v) is 1.62. The van der Waals surface area contributed by atoms with Gasteiger partial charge in [0.15, 0.2) is 5.69 Å². The van der Waals surface area contributed by atoms with Crippen LogP contribution in [0.3, 0.4) is 0 Å². The molecule has 1 heterocycles. The number of hydrogen-bond donors (Lipinski definition) is 0. The van der Waals surface area contributed by atoms with Gasteiger partial charge in [0.2, 0.25) is 0 Å². The first kappa shape index (κ1) is 6.35. The molecule has 0 aromatic carbocycles. The summed E-state index contributed by atoms with van der Waals surface area (Å²) in [5.74, 6) is 0.608. The third-order valence-corrected chi connectivity index (χ3v) is 1.09. The van der Waals surface area contributed by atoms with Gasteiger partial charge in [0, 0.05) is 0 Å². The van der Waals surface area contributed by atoms with E-state index >= 15 is 0 Å². The van der Waals surface area contributed by atoms with Crippen molar-refractivity contribution >= 4 is 11.6 Å². The van der Waals surface area contributed by atoms with Gasteiger partial charge in [0.25, 0.3) is 5.88 Å². The maximum absolute atomic E-state index is 5.41. The number of methoxy groups -OCH3 is 1. The smallest absolute Gasteiger partial charge is 0.279 e. The molecule has 0 unspecified atom stereocenters. The van der Waals surface area contributed by atoms with Crippen LogP contribution in [-0.4, -0.2) is 17.4 Å². The molecule has 1 aromatic heterocycles. The van der Waals surface area contributed by atoms with Crippen molar-refractivity contribution < 1.29 is 9.37 Å². The quantitative estimate of drug-likeness (QED) is 0.583. The van der Waals surface area contributed by atoms with Crippen molar-refractivity contribution in [3.8, 4) is 5.88 Å². The van der Waals surface area contributed by atoms with Crippen LogP contribution in [0.1, 0.15) is 5.69 Å². The molecule has 0 fully saturated rings. The summed E-state index contributed by atoms with van der Waals surface area (Å²) in [6, 6.07) is 0. The summed E-state index contributed by atoms with van der Waals surface area (Å²) in [4.78, 5) is 0. The van der Waals surface area contributed by atoms with Gasteiger partial charge in [-0.25, -0.2) is 4.63 Å². The fourth-order valence-electron chi connectivity index (χ4n) is 0.435. The largest absolute Gasteiger partial charge is 0.477 e. The van der Waals surface area contributed by atoms with Gasteiger partial charge in [-0.15, -0.1) is 11.6 Å². The monoisotopic (exact) mass is 148 g/mol. The van der Waals surface area contributed by atoms with E-state index in [0.717, 1.165) is 0 Å². The Kier molecular flexibility index (Phi) is 1.89. The van der Waals surface area contributed by atoms with Crippen LogP contribution < -0.4 is 4.74 Å². The van der Waals surface area contributed by atoms with Crippen molar-refractivity contribution in [3.63, 3.8) is 0 Å². The minimum atomic E-state index is 0.257. The Morgan fingerprint density at radius 3 is 2.89 bits per heavy atom. The fourth-order valence-corrected chi connectivity index (χ4v) is 0.598. The van der Waals surface area contributed by atoms with Crippen LogP contribution in [0.5, 0.6) is 5.88 Å². The number of aromatic nitrogens is 2. The van der Waals surface area contributed by atoms with Crippen molar-refractivity contribution in [1.29, 1.82) is 0 Å². The van der Waals surface area contributed by atoms with Crippen LogP contribution in [0.2, 0.25) is 0 Å². The molecule has 1 rings (SSSR count). The van der Waals surface area contributed by atoms with Gasteiger partial charge >= 0.3 is 0 Å². The topological polar surface area (TPSA) is 48.2 Å². The van der Waals surface area contributed by atoms with Crippen molar-refractivity contribution in [3.05, 3.63) is 5.69 Å². The molecule has 4 nitrogen and oxygen atoms in total. The number of nitrogens with zero attached hydrogens (tertiary/aromatic N) is 2. The summed E-state index contributed by atoms with van der Waals surface area (Å²) in [6.07, 6.45) is 0. The average molecular weight is 149 g/mol. The Bertz CT molecular complexity index is 170. The highest BCUT2D eigenvalue weighted by Crippen LogP contribution is 2.12. The molecule has 0 atom stereocenters. The van der Waals surface area contributed by atoms with Crippen molar-refractivity contribution in [2.45, 2.75) is 5.88 Å². The van der Waals surface area contributed by atoms with Crippen molar-refractivity contribution in [1.82, 2.24) is 10.3 Å². The van der Waals surface area contributed by atoms with Gasteiger partial charge in [-0.05, 0) is 10.3 Å². The molecule has 0 bridgehead atoms. The summed E-state index contributed by atoms with van der Waals surface area (Å²) in [5.41, 5.74) is 0.527. The maximum Gasteiger partial charge on any atom is 0.279 e. The van der Waals surface area contributed by atoms with E-state index in [9.17, 15) is 0 Å². The summed E-state index contributed by atoms with van der Waals surface area (Å²) in [7, 11) is 1.48. The SMILES string of the molecule is COc1nonc1CCl. The molecule has 0 aliphatic heterocycles. The highest BCUT2D eigenvalue weighted by molar-refractivity contribution is 6.17. The molecule has 0 N–H and O–H groups in total. The highest BCUT2D eigenvalue weighted by atomic mass is 35.5. The van der Waals surface area contributed by atoms with Gasteiger partial charge in [0.05, 0.1) is 13.0 Å². The molecule has 9 heavy (non-hydrogen) atoms. The minimum absolute atomic E-state index is 0.257. The first-order chi connectivity index (χ1) is 4.38. The molecule has 1 aromatic rings. The number of alkyl halides is 1. The third-order valence-electron chi connectivity index (χ3n) is 0.842. The number of rotatable bonds is 2. The van der Waals surface area contributed by atoms with Crippen LogP contribution in [-0.2, 0) is 5.88 Å². The van der Waals surface area contributed by atoms with Crippen LogP contribution in [0.4, 0.5) is 0 Å². The van der Waals surface area contributed by atoms with Gasteiger partial charge in [0.1, 0.15) is 0 Å². The standard InChI is InChI=1S/C4H5ClN2O2/c1-8-4-3(2-5)6-9-7-4/h2H2,1H3. The summed E-state index contributed by atoms with van der Waals surface area (Å²) < 4.78 is 9.04. The summed E-state index contributed by atoms with van der Waals surface area (Å²) in [5, 5.41) is 6.88. The zero-order valence-corrected chi connectivity index (χ0v) is 5.55. The van der Waals surface area contributed by atoms with E-state index in [-0.39, 0.29) is 5.88 Å². The van der Waals surface area contributed by atoms with Gasteiger partial charge in [-0.3, -0.25) is 0 Å². The zero-order valence-electron chi connectivity index (χ0n) is 4.80. The van der Waals surface area contributed by atoms with E-state index in [1.54, 1.807) is 0 Å². The third kappa shape index (κ3) is 1.13. The molecule has 50 valence electrons. The van der Waals surface area contributed by atoms with Gasteiger partial charge < -0.3 is 4.74 Å². The van der Waals surface area contributed by atoms with E-state index < -0.39 is 0 Å². The lowest BCUT2D eigenvalue weighted by Crippen LogP contribution is -1.86. The van der Waals surface area contributed by atoms with Crippen LogP contribution in [0.25, 0.3) is 0 Å². The van der Waals surface area contributed by atoms with E-state index in [1.165, 1.54) is 7.11 Å². The van der Waals surface area contributed by atoms with Crippen LogP contribution >= 0.6 is 11.6 Å². The summed E-state index contributed by atoms with van der Waals surface area (Å²) in [6.45, 7) is 0. The molecule has 0 aliphatic rings. The lowest BCUT2D eigenvalue weighted by Gasteiger charge is -1.88. The molecule has 0 amide bonds. The first-order valence-electron chi connectivity index (χ1n) is 2.30. The van der Waals surface area contributed by atoms with Crippen molar-refractivity contribution in [2.24, 2.45) is 0 Å². The predicted molar refractivity (Wildman–Crippen MR) is 30.4 cm³/mol. The number of halogens is 1. The van der Waals surface area contributed by atoms with Crippen molar-refractivity contribution in [2.75, 3.05) is 7.11 Å². The molecular weight excluding hydrogens is 144 g/mol. The lowest BCUT2D eigenvalue weighted by molar-refractivity contribution is 0.281. The van der Waals surface area contributed by atoms with E-state index in [0.29, 0.717) is 11.6 Å². The Balaban J connectivity index is 2.85. The normalized spacial score (nSPS) is 9.56. The molecule has 0 spiro atoms. The predicted octanol–water partition coefficient (Wildman–Crippen LogP) is 0.817. The highest BCUT2D eigenvalue weighted by Gasteiger charge is 2.06. The van der Waals surface area contributed by atoms with Gasteiger partial charge in [-0.2, -0.15) is 0 Å². The fraction of sp³-hybridized carbons (Fsp3) is 0.500. The molecular formula is C4H5ClN2O2. The molecule has 0 saturated heterocycles. The van der Waals surface area contributed by atoms with E-state index in [1.807, 2.05) is 0 Å². The molecule has 0 aliphatic carbocycles. The van der Waals surface area contributed by atoms with E-state index in [4.69, 9.17) is 16.3 Å². The Morgan fingerprint density at radius 1 is 1.67 bits per heavy atom. The lowest BCUT2D eigenvalue weighted by atomic mass is 10.5. The van der Waals surface area contributed by atoms with Crippen LogP contribution in [0, 0.1) is 0 Å². The Hall–Kier alpha value is -0.770. The first-order valence-corrected chi connectivity index (χ1v) is 2.83. The summed E-state index contributed by atoms with van der Waals surface area (Å²) >= 11 is 5.41. The Labute approximate surface area is 56.7 Å². The Morgan fingerprint density at radius 2 is 2.44 bits per heavy atom. The minimum Gasteiger partial charge on any atom is -0.477 e. The second-order valence-electron chi connectivity index (χ2n) is 1.35. The van der Waals surface area contributed by atoms with Crippen LogP contribution in [0.15, 0.2) is 4.63 Å². The molecule has 0 saturated carbocycles. The second kappa shape index (κ2) is 2.68.